The van der Waals surface area contributed by atoms with Gasteiger partial charge in [0.1, 0.15) is 11.6 Å². The number of nitrogens with one attached hydrogen (secondary N) is 2. The van der Waals surface area contributed by atoms with Crippen molar-refractivity contribution in [2.45, 2.75) is 32.7 Å². The molecule has 0 aromatic carbocycles. The second-order valence-electron chi connectivity index (χ2n) is 5.89. The Morgan fingerprint density at radius 1 is 1.33 bits per heavy atom. The molecule has 5 nitrogen and oxygen atoms in total. The Balaban J connectivity index is 2.19. The molecule has 112 valence electrons. The highest BCUT2D eigenvalue weighted by molar-refractivity contribution is 5.95. The van der Waals surface area contributed by atoms with Gasteiger partial charge in [0.25, 0.3) is 5.91 Å². The lowest BCUT2D eigenvalue weighted by Gasteiger charge is -2.19. The molecule has 2 heterocycles. The summed E-state index contributed by atoms with van der Waals surface area (Å²) < 4.78 is 5.20. The van der Waals surface area contributed by atoms with Crippen LogP contribution in [-0.4, -0.2) is 17.9 Å². The SMILES string of the molecule is CNc1cc(C(=O)NCc2ccco2)cc(C(C)(C)C)n1. The van der Waals surface area contributed by atoms with E-state index in [2.05, 4.69) is 36.4 Å². The van der Waals surface area contributed by atoms with Gasteiger partial charge in [0.05, 0.1) is 12.8 Å². The van der Waals surface area contributed by atoms with Crippen molar-refractivity contribution in [2.75, 3.05) is 12.4 Å². The third-order valence-electron chi connectivity index (χ3n) is 3.12. The maximum Gasteiger partial charge on any atom is 0.251 e. The van der Waals surface area contributed by atoms with E-state index in [0.29, 0.717) is 17.9 Å². The summed E-state index contributed by atoms with van der Waals surface area (Å²) in [5.74, 6) is 1.27. The van der Waals surface area contributed by atoms with E-state index in [1.165, 1.54) is 0 Å². The Labute approximate surface area is 124 Å². The molecule has 0 atom stereocenters. The van der Waals surface area contributed by atoms with Crippen LogP contribution < -0.4 is 10.6 Å². The van der Waals surface area contributed by atoms with Crippen LogP contribution in [0.3, 0.4) is 0 Å². The highest BCUT2D eigenvalue weighted by Gasteiger charge is 2.19. The average molecular weight is 287 g/mol. The van der Waals surface area contributed by atoms with E-state index in [0.717, 1.165) is 11.5 Å². The fourth-order valence-corrected chi connectivity index (χ4v) is 1.86. The third-order valence-corrected chi connectivity index (χ3v) is 3.12. The number of pyridine rings is 1. The molecule has 21 heavy (non-hydrogen) atoms. The topological polar surface area (TPSA) is 67.2 Å². The fraction of sp³-hybridized carbons (Fsp3) is 0.375. The zero-order chi connectivity index (χ0) is 15.5. The Kier molecular flexibility index (Phi) is 4.31. The summed E-state index contributed by atoms with van der Waals surface area (Å²) in [6, 6.07) is 7.20. The highest BCUT2D eigenvalue weighted by Crippen LogP contribution is 2.23. The van der Waals surface area contributed by atoms with Crippen LogP contribution >= 0.6 is 0 Å². The molecule has 2 N–H and O–H groups in total. The minimum Gasteiger partial charge on any atom is -0.467 e. The van der Waals surface area contributed by atoms with E-state index in [1.54, 1.807) is 25.4 Å². The number of hydrogen-bond donors (Lipinski definition) is 2. The van der Waals surface area contributed by atoms with Gasteiger partial charge in [0, 0.05) is 23.7 Å². The average Bonchev–Trinajstić information content (AvgIpc) is 2.96. The number of hydrogen-bond acceptors (Lipinski definition) is 4. The summed E-state index contributed by atoms with van der Waals surface area (Å²) in [4.78, 5) is 16.8. The summed E-state index contributed by atoms with van der Waals surface area (Å²) in [6.45, 7) is 6.58. The molecule has 0 aliphatic carbocycles. The van der Waals surface area contributed by atoms with Crippen LogP contribution in [0.5, 0.6) is 0 Å². The van der Waals surface area contributed by atoms with Gasteiger partial charge in [-0.15, -0.1) is 0 Å². The van der Waals surface area contributed by atoms with Crippen LogP contribution in [0.15, 0.2) is 34.9 Å². The molecule has 0 unspecified atom stereocenters. The normalized spacial score (nSPS) is 11.2. The first-order valence-corrected chi connectivity index (χ1v) is 6.91. The van der Waals surface area contributed by atoms with Crippen LogP contribution in [0.2, 0.25) is 0 Å². The van der Waals surface area contributed by atoms with Gasteiger partial charge in [-0.2, -0.15) is 0 Å². The van der Waals surface area contributed by atoms with Crippen molar-refractivity contribution in [1.82, 2.24) is 10.3 Å². The maximum absolute atomic E-state index is 12.3. The first-order valence-electron chi connectivity index (χ1n) is 6.91. The molecule has 0 aliphatic rings. The number of carbonyl (C=O) groups is 1. The lowest BCUT2D eigenvalue weighted by atomic mass is 9.90. The molecule has 2 aromatic rings. The summed E-state index contributed by atoms with van der Waals surface area (Å²) in [6.07, 6.45) is 1.59. The van der Waals surface area contributed by atoms with Crippen molar-refractivity contribution in [1.29, 1.82) is 0 Å². The van der Waals surface area contributed by atoms with Gasteiger partial charge in [0.2, 0.25) is 0 Å². The van der Waals surface area contributed by atoms with Gasteiger partial charge in [-0.05, 0) is 24.3 Å². The van der Waals surface area contributed by atoms with Gasteiger partial charge in [-0.1, -0.05) is 20.8 Å². The van der Waals surface area contributed by atoms with Crippen LogP contribution in [-0.2, 0) is 12.0 Å². The van der Waals surface area contributed by atoms with E-state index >= 15 is 0 Å². The van der Waals surface area contributed by atoms with Gasteiger partial charge >= 0.3 is 0 Å². The number of nitrogens with zero attached hydrogens (tertiary/aromatic N) is 1. The molecule has 0 radical (unpaired) electrons. The molecular weight excluding hydrogens is 266 g/mol. The molecule has 0 spiro atoms. The minimum absolute atomic E-state index is 0.122. The van der Waals surface area contributed by atoms with Crippen molar-refractivity contribution in [3.05, 3.63) is 47.5 Å². The molecule has 0 aliphatic heterocycles. The molecule has 0 bridgehead atoms. The number of rotatable bonds is 4. The van der Waals surface area contributed by atoms with Crippen molar-refractivity contribution < 1.29 is 9.21 Å². The van der Waals surface area contributed by atoms with E-state index in [9.17, 15) is 4.79 Å². The van der Waals surface area contributed by atoms with Crippen molar-refractivity contribution in [2.24, 2.45) is 0 Å². The second kappa shape index (κ2) is 5.99. The van der Waals surface area contributed by atoms with Gasteiger partial charge < -0.3 is 15.1 Å². The van der Waals surface area contributed by atoms with Crippen LogP contribution in [0, 0.1) is 0 Å². The number of furan rings is 1. The van der Waals surface area contributed by atoms with E-state index in [-0.39, 0.29) is 11.3 Å². The Morgan fingerprint density at radius 2 is 2.10 bits per heavy atom. The van der Waals surface area contributed by atoms with Crippen molar-refractivity contribution >= 4 is 11.7 Å². The second-order valence-corrected chi connectivity index (χ2v) is 5.89. The number of carbonyl (C=O) groups excluding carboxylic acids is 1. The summed E-state index contributed by atoms with van der Waals surface area (Å²) >= 11 is 0. The van der Waals surface area contributed by atoms with Crippen molar-refractivity contribution in [3.63, 3.8) is 0 Å². The third kappa shape index (κ3) is 3.84. The number of amides is 1. The van der Waals surface area contributed by atoms with Crippen LogP contribution in [0.1, 0.15) is 42.6 Å². The fourth-order valence-electron chi connectivity index (χ4n) is 1.86. The molecule has 1 amide bonds. The molecule has 2 rings (SSSR count). The molecule has 2 aromatic heterocycles. The molecule has 0 fully saturated rings. The minimum atomic E-state index is -0.143. The maximum atomic E-state index is 12.3. The standard InChI is InChI=1S/C16H21N3O2/c1-16(2,3)13-8-11(9-14(17-4)19-13)15(20)18-10-12-6-5-7-21-12/h5-9H,10H2,1-4H3,(H,17,19)(H,18,20). The lowest BCUT2D eigenvalue weighted by Crippen LogP contribution is -2.24. The highest BCUT2D eigenvalue weighted by atomic mass is 16.3. The van der Waals surface area contributed by atoms with Gasteiger partial charge in [-0.25, -0.2) is 4.98 Å². The number of aromatic nitrogens is 1. The zero-order valence-electron chi connectivity index (χ0n) is 12.9. The monoisotopic (exact) mass is 287 g/mol. The molecule has 0 saturated carbocycles. The van der Waals surface area contributed by atoms with Crippen molar-refractivity contribution in [3.8, 4) is 0 Å². The summed E-state index contributed by atoms with van der Waals surface area (Å²) in [7, 11) is 1.79. The first kappa shape index (κ1) is 15.1. The van der Waals surface area contributed by atoms with Gasteiger partial charge in [-0.3, -0.25) is 4.79 Å². The number of anilines is 1. The molecular formula is C16H21N3O2. The van der Waals surface area contributed by atoms with E-state index in [4.69, 9.17) is 4.42 Å². The Hall–Kier alpha value is -2.30. The van der Waals surface area contributed by atoms with E-state index in [1.807, 2.05) is 12.1 Å². The largest absolute Gasteiger partial charge is 0.467 e. The van der Waals surface area contributed by atoms with Crippen LogP contribution in [0.25, 0.3) is 0 Å². The molecule has 5 heteroatoms. The van der Waals surface area contributed by atoms with Gasteiger partial charge in [0.15, 0.2) is 0 Å². The lowest BCUT2D eigenvalue weighted by molar-refractivity contribution is 0.0948. The Morgan fingerprint density at radius 3 is 2.67 bits per heavy atom. The van der Waals surface area contributed by atoms with E-state index < -0.39 is 0 Å². The molecule has 0 saturated heterocycles. The zero-order valence-corrected chi connectivity index (χ0v) is 12.9. The first-order chi connectivity index (χ1) is 9.90. The Bertz CT molecular complexity index is 613. The predicted octanol–water partition coefficient (Wildman–Crippen LogP) is 2.94. The summed E-state index contributed by atoms with van der Waals surface area (Å²) in [5.41, 5.74) is 1.34. The quantitative estimate of drug-likeness (QED) is 0.907. The predicted molar refractivity (Wildman–Crippen MR) is 82.4 cm³/mol. The summed E-state index contributed by atoms with van der Waals surface area (Å²) in [5, 5.41) is 5.84. The van der Waals surface area contributed by atoms with Crippen LogP contribution in [0.4, 0.5) is 5.82 Å². The smallest absolute Gasteiger partial charge is 0.251 e.